The molecule has 3 rings (SSSR count). The molecule has 0 spiro atoms. The van der Waals surface area contributed by atoms with Crippen molar-refractivity contribution in [2.24, 2.45) is 5.92 Å². The van der Waals surface area contributed by atoms with Gasteiger partial charge in [0.15, 0.2) is 0 Å². The molecule has 3 aliphatic rings. The van der Waals surface area contributed by atoms with Crippen LogP contribution in [0.2, 0.25) is 0 Å². The zero-order valence-electron chi connectivity index (χ0n) is 12.9. The van der Waals surface area contributed by atoms with E-state index in [0.29, 0.717) is 17.5 Å². The molecular weight excluding hydrogens is 284 g/mol. The van der Waals surface area contributed by atoms with Gasteiger partial charge in [-0.15, -0.1) is 11.8 Å². The number of carbonyl (C=O) groups is 1. The SMILES string of the molecule is CC1CSC(CNC(=O)C2CC(C3CCCCC3)NN2)N1. The minimum atomic E-state index is -0.0687. The first kappa shape index (κ1) is 15.6. The van der Waals surface area contributed by atoms with Crippen LogP contribution in [0, 0.1) is 5.92 Å². The monoisotopic (exact) mass is 312 g/mol. The summed E-state index contributed by atoms with van der Waals surface area (Å²) in [6, 6.07) is 0.958. The quantitative estimate of drug-likeness (QED) is 0.623. The van der Waals surface area contributed by atoms with Crippen molar-refractivity contribution < 1.29 is 4.79 Å². The maximum atomic E-state index is 12.3. The van der Waals surface area contributed by atoms with Gasteiger partial charge in [0.25, 0.3) is 0 Å². The average molecular weight is 312 g/mol. The van der Waals surface area contributed by atoms with Gasteiger partial charge in [0.1, 0.15) is 6.04 Å². The molecule has 2 heterocycles. The van der Waals surface area contributed by atoms with Crippen LogP contribution in [0.3, 0.4) is 0 Å². The normalized spacial score (nSPS) is 37.8. The van der Waals surface area contributed by atoms with Crippen LogP contribution in [0.15, 0.2) is 0 Å². The topological polar surface area (TPSA) is 65.2 Å². The summed E-state index contributed by atoms with van der Waals surface area (Å²) < 4.78 is 0. The molecule has 6 heteroatoms. The first-order valence-electron chi connectivity index (χ1n) is 8.39. The lowest BCUT2D eigenvalue weighted by Crippen LogP contribution is -2.46. The van der Waals surface area contributed by atoms with Gasteiger partial charge in [0.2, 0.25) is 5.91 Å². The van der Waals surface area contributed by atoms with E-state index in [1.807, 2.05) is 11.8 Å². The fourth-order valence-electron chi connectivity index (χ4n) is 3.71. The molecular formula is C15H28N4OS. The van der Waals surface area contributed by atoms with Gasteiger partial charge < -0.3 is 10.6 Å². The van der Waals surface area contributed by atoms with E-state index in [1.165, 1.54) is 32.1 Å². The third-order valence-corrected chi connectivity index (χ3v) is 6.35. The Kier molecular flexibility index (Phi) is 5.43. The van der Waals surface area contributed by atoms with Crippen LogP contribution in [0.25, 0.3) is 0 Å². The van der Waals surface area contributed by atoms with Crippen molar-refractivity contribution in [1.82, 2.24) is 21.5 Å². The second-order valence-corrected chi connectivity index (χ2v) is 7.95. The summed E-state index contributed by atoms with van der Waals surface area (Å²) in [5.74, 6) is 2.02. The summed E-state index contributed by atoms with van der Waals surface area (Å²) in [6.07, 6.45) is 7.64. The van der Waals surface area contributed by atoms with E-state index in [2.05, 4.69) is 28.4 Å². The first-order valence-corrected chi connectivity index (χ1v) is 9.43. The van der Waals surface area contributed by atoms with E-state index >= 15 is 0 Å². The molecule has 120 valence electrons. The molecule has 1 saturated carbocycles. The zero-order chi connectivity index (χ0) is 14.7. The Morgan fingerprint density at radius 2 is 2.05 bits per heavy atom. The Morgan fingerprint density at radius 1 is 1.24 bits per heavy atom. The molecule has 4 unspecified atom stereocenters. The summed E-state index contributed by atoms with van der Waals surface area (Å²) in [7, 11) is 0. The molecule has 4 N–H and O–H groups in total. The number of hydrazine groups is 1. The van der Waals surface area contributed by atoms with E-state index in [-0.39, 0.29) is 11.9 Å². The summed E-state index contributed by atoms with van der Waals surface area (Å²) >= 11 is 1.90. The van der Waals surface area contributed by atoms with Crippen LogP contribution < -0.4 is 21.5 Å². The Hall–Kier alpha value is -0.300. The van der Waals surface area contributed by atoms with Crippen LogP contribution >= 0.6 is 11.8 Å². The van der Waals surface area contributed by atoms with E-state index < -0.39 is 0 Å². The number of carbonyl (C=O) groups excluding carboxylic acids is 1. The van der Waals surface area contributed by atoms with Crippen LogP contribution in [0.5, 0.6) is 0 Å². The highest BCUT2D eigenvalue weighted by atomic mass is 32.2. The molecule has 2 saturated heterocycles. The fraction of sp³-hybridized carbons (Fsp3) is 0.933. The summed E-state index contributed by atoms with van der Waals surface area (Å²) in [5.41, 5.74) is 6.56. The lowest BCUT2D eigenvalue weighted by atomic mass is 9.82. The molecule has 1 amide bonds. The van der Waals surface area contributed by atoms with Gasteiger partial charge in [-0.05, 0) is 32.1 Å². The Morgan fingerprint density at radius 3 is 2.76 bits per heavy atom. The number of hydrogen-bond acceptors (Lipinski definition) is 5. The highest BCUT2D eigenvalue weighted by Gasteiger charge is 2.34. The summed E-state index contributed by atoms with van der Waals surface area (Å²) in [6.45, 7) is 2.91. The molecule has 2 aliphatic heterocycles. The van der Waals surface area contributed by atoms with Crippen LogP contribution in [0.1, 0.15) is 45.4 Å². The highest BCUT2D eigenvalue weighted by Crippen LogP contribution is 2.29. The van der Waals surface area contributed by atoms with E-state index in [0.717, 1.165) is 24.6 Å². The smallest absolute Gasteiger partial charge is 0.238 e. The lowest BCUT2D eigenvalue weighted by Gasteiger charge is -2.26. The number of rotatable bonds is 4. The Labute approximate surface area is 131 Å². The van der Waals surface area contributed by atoms with Crippen molar-refractivity contribution in [2.45, 2.75) is 68.9 Å². The molecule has 0 aromatic carbocycles. The zero-order valence-corrected chi connectivity index (χ0v) is 13.7. The van der Waals surface area contributed by atoms with Crippen molar-refractivity contribution in [1.29, 1.82) is 0 Å². The standard InChI is InChI=1S/C15H28N4OS/c1-10-9-21-14(17-10)8-16-15(20)13-7-12(18-19-13)11-5-3-2-4-6-11/h10-14,17-19H,2-9H2,1H3,(H,16,20). The van der Waals surface area contributed by atoms with Gasteiger partial charge in [-0.2, -0.15) is 0 Å². The molecule has 1 aliphatic carbocycles. The maximum Gasteiger partial charge on any atom is 0.238 e. The molecule has 4 atom stereocenters. The van der Waals surface area contributed by atoms with E-state index in [1.54, 1.807) is 0 Å². The molecule has 0 radical (unpaired) electrons. The van der Waals surface area contributed by atoms with Gasteiger partial charge in [-0.3, -0.25) is 10.2 Å². The summed E-state index contributed by atoms with van der Waals surface area (Å²) in [5, 5.41) is 6.93. The average Bonchev–Trinajstić information content (AvgIpc) is 3.15. The van der Waals surface area contributed by atoms with Crippen molar-refractivity contribution in [3.8, 4) is 0 Å². The minimum Gasteiger partial charge on any atom is -0.352 e. The summed E-state index contributed by atoms with van der Waals surface area (Å²) in [4.78, 5) is 12.3. The third-order valence-electron chi connectivity index (χ3n) is 4.95. The van der Waals surface area contributed by atoms with Crippen molar-refractivity contribution in [2.75, 3.05) is 12.3 Å². The Bertz CT molecular complexity index is 362. The van der Waals surface area contributed by atoms with Gasteiger partial charge in [0, 0.05) is 24.4 Å². The van der Waals surface area contributed by atoms with Gasteiger partial charge in [0.05, 0.1) is 5.37 Å². The molecule has 3 fully saturated rings. The van der Waals surface area contributed by atoms with Crippen molar-refractivity contribution >= 4 is 17.7 Å². The number of amides is 1. The van der Waals surface area contributed by atoms with Gasteiger partial charge >= 0.3 is 0 Å². The van der Waals surface area contributed by atoms with Crippen molar-refractivity contribution in [3.05, 3.63) is 0 Å². The minimum absolute atomic E-state index is 0.0687. The van der Waals surface area contributed by atoms with Crippen LogP contribution in [0.4, 0.5) is 0 Å². The van der Waals surface area contributed by atoms with Crippen LogP contribution in [-0.2, 0) is 4.79 Å². The molecule has 5 nitrogen and oxygen atoms in total. The van der Waals surface area contributed by atoms with Gasteiger partial charge in [-0.1, -0.05) is 19.3 Å². The molecule has 21 heavy (non-hydrogen) atoms. The molecule has 0 aromatic heterocycles. The fourth-order valence-corrected chi connectivity index (χ4v) is 4.85. The van der Waals surface area contributed by atoms with E-state index in [9.17, 15) is 4.79 Å². The second kappa shape index (κ2) is 7.31. The largest absolute Gasteiger partial charge is 0.352 e. The van der Waals surface area contributed by atoms with E-state index in [4.69, 9.17) is 0 Å². The van der Waals surface area contributed by atoms with Gasteiger partial charge in [-0.25, -0.2) is 5.43 Å². The number of hydrogen-bond donors (Lipinski definition) is 4. The molecule has 0 aromatic rings. The lowest BCUT2D eigenvalue weighted by molar-refractivity contribution is -0.122. The van der Waals surface area contributed by atoms with Crippen molar-refractivity contribution in [3.63, 3.8) is 0 Å². The molecule has 0 bridgehead atoms. The predicted octanol–water partition coefficient (Wildman–Crippen LogP) is 0.969. The maximum absolute atomic E-state index is 12.3. The Balaban J connectivity index is 1.39. The third kappa shape index (κ3) is 4.12. The first-order chi connectivity index (χ1) is 10.2. The number of nitrogens with one attached hydrogen (secondary N) is 4. The number of thioether (sulfide) groups is 1. The van der Waals surface area contributed by atoms with Crippen LogP contribution in [-0.4, -0.2) is 41.7 Å². The predicted molar refractivity (Wildman–Crippen MR) is 86.9 cm³/mol. The highest BCUT2D eigenvalue weighted by molar-refractivity contribution is 8.00. The second-order valence-electron chi connectivity index (χ2n) is 6.72.